The largest absolute Gasteiger partial charge is 0.372 e. The molecule has 0 aromatic carbocycles. The van der Waals surface area contributed by atoms with Gasteiger partial charge >= 0.3 is 0 Å². The van der Waals surface area contributed by atoms with Gasteiger partial charge in [0.05, 0.1) is 50.8 Å². The molecule has 1 saturated carbocycles. The molecule has 4 aliphatic heterocycles. The van der Waals surface area contributed by atoms with Crippen molar-refractivity contribution in [1.29, 1.82) is 0 Å². The van der Waals surface area contributed by atoms with Gasteiger partial charge in [0.15, 0.2) is 0 Å². The first-order valence-corrected chi connectivity index (χ1v) is 11.6. The number of ether oxygens (including phenoxy) is 4. The summed E-state index contributed by atoms with van der Waals surface area (Å²) in [4.78, 5) is 5.34. The van der Waals surface area contributed by atoms with Gasteiger partial charge < -0.3 is 18.9 Å². The Labute approximate surface area is 169 Å². The van der Waals surface area contributed by atoms with E-state index in [1.807, 2.05) is 0 Å². The van der Waals surface area contributed by atoms with Crippen molar-refractivity contribution in [2.45, 2.75) is 76.0 Å². The van der Waals surface area contributed by atoms with E-state index in [1.54, 1.807) is 0 Å². The van der Waals surface area contributed by atoms with Crippen molar-refractivity contribution in [2.75, 3.05) is 52.6 Å². The summed E-state index contributed by atoms with van der Waals surface area (Å²) in [5.74, 6) is 1.57. The summed E-state index contributed by atoms with van der Waals surface area (Å²) in [6, 6.07) is 1.24. The molecule has 4 saturated heterocycles. The van der Waals surface area contributed by atoms with Crippen LogP contribution < -0.4 is 0 Å². The first-order chi connectivity index (χ1) is 13.7. The standard InChI is InChI=1S/C22H38N2O4/c1-15(23(7-19-11-25-19)8-20-12-26-20)17-4-3-5-18(6-17)16(2)24(9-21-13-27-21)10-22-14-28-22/h15-22H,3-14H2,1-2H3. The average Bonchev–Trinajstić information content (AvgIpc) is 3.56. The van der Waals surface area contributed by atoms with Gasteiger partial charge in [-0.15, -0.1) is 0 Å². The summed E-state index contributed by atoms with van der Waals surface area (Å²) in [7, 11) is 0. The summed E-state index contributed by atoms with van der Waals surface area (Å²) < 4.78 is 22.2. The van der Waals surface area contributed by atoms with Gasteiger partial charge in [-0.2, -0.15) is 0 Å². The van der Waals surface area contributed by atoms with Gasteiger partial charge in [-0.05, 0) is 44.9 Å². The Kier molecular flexibility index (Phi) is 5.97. The molecule has 28 heavy (non-hydrogen) atoms. The van der Waals surface area contributed by atoms with Crippen molar-refractivity contribution >= 4 is 0 Å². The summed E-state index contributed by atoms with van der Waals surface area (Å²) in [5, 5.41) is 0. The zero-order valence-electron chi connectivity index (χ0n) is 17.6. The Morgan fingerprint density at radius 1 is 0.643 bits per heavy atom. The summed E-state index contributed by atoms with van der Waals surface area (Å²) in [5.41, 5.74) is 0. The van der Waals surface area contributed by atoms with Gasteiger partial charge in [0.1, 0.15) is 0 Å². The smallest absolute Gasteiger partial charge is 0.0936 e. The first kappa shape index (κ1) is 19.7. The van der Waals surface area contributed by atoms with E-state index in [0.29, 0.717) is 36.5 Å². The zero-order chi connectivity index (χ0) is 19.1. The lowest BCUT2D eigenvalue weighted by molar-refractivity contribution is 0.0594. The van der Waals surface area contributed by atoms with Crippen molar-refractivity contribution in [1.82, 2.24) is 9.80 Å². The second-order valence-corrected chi connectivity index (χ2v) is 9.90. The Bertz CT molecular complexity index is 447. The minimum atomic E-state index is 0.465. The van der Waals surface area contributed by atoms with E-state index >= 15 is 0 Å². The molecule has 160 valence electrons. The molecule has 5 rings (SSSR count). The monoisotopic (exact) mass is 394 g/mol. The lowest BCUT2D eigenvalue weighted by Crippen LogP contribution is -2.47. The van der Waals surface area contributed by atoms with Crippen molar-refractivity contribution in [2.24, 2.45) is 11.8 Å². The molecule has 4 heterocycles. The van der Waals surface area contributed by atoms with E-state index in [9.17, 15) is 0 Å². The van der Waals surface area contributed by atoms with Crippen LogP contribution in [0.2, 0.25) is 0 Å². The van der Waals surface area contributed by atoms with Crippen LogP contribution in [-0.2, 0) is 18.9 Å². The number of epoxide rings is 4. The molecule has 5 fully saturated rings. The van der Waals surface area contributed by atoms with Crippen LogP contribution in [0.4, 0.5) is 0 Å². The Morgan fingerprint density at radius 3 is 1.25 bits per heavy atom. The third-order valence-electron chi connectivity index (χ3n) is 7.63. The van der Waals surface area contributed by atoms with Gasteiger partial charge in [0.25, 0.3) is 0 Å². The second kappa shape index (κ2) is 8.48. The highest BCUT2D eigenvalue weighted by molar-refractivity contribution is 4.92. The molecule has 1 aliphatic carbocycles. The van der Waals surface area contributed by atoms with Crippen LogP contribution in [0.3, 0.4) is 0 Å². The van der Waals surface area contributed by atoms with E-state index in [2.05, 4.69) is 23.6 Å². The molecular formula is C22H38N2O4. The Morgan fingerprint density at radius 2 is 0.964 bits per heavy atom. The van der Waals surface area contributed by atoms with Gasteiger partial charge in [-0.25, -0.2) is 0 Å². The molecule has 0 aromatic heterocycles. The molecule has 0 amide bonds. The number of hydrogen-bond donors (Lipinski definition) is 0. The Hall–Kier alpha value is -0.240. The predicted molar refractivity (Wildman–Crippen MR) is 106 cm³/mol. The zero-order valence-corrected chi connectivity index (χ0v) is 17.6. The molecule has 8 unspecified atom stereocenters. The third-order valence-corrected chi connectivity index (χ3v) is 7.63. The molecular weight excluding hydrogens is 356 g/mol. The molecule has 0 aromatic rings. The molecule has 6 heteroatoms. The minimum absolute atomic E-state index is 0.465. The third kappa shape index (κ3) is 5.46. The van der Waals surface area contributed by atoms with Crippen LogP contribution in [0.15, 0.2) is 0 Å². The fraction of sp³-hybridized carbons (Fsp3) is 1.00. The number of hydrogen-bond acceptors (Lipinski definition) is 6. The molecule has 0 N–H and O–H groups in total. The molecule has 0 spiro atoms. The maximum Gasteiger partial charge on any atom is 0.0936 e. The molecule has 0 radical (unpaired) electrons. The van der Waals surface area contributed by atoms with Crippen LogP contribution >= 0.6 is 0 Å². The predicted octanol–water partition coefficient (Wildman–Crippen LogP) is 1.77. The van der Waals surface area contributed by atoms with E-state index < -0.39 is 0 Å². The molecule has 6 nitrogen and oxygen atoms in total. The van der Waals surface area contributed by atoms with Crippen molar-refractivity contribution < 1.29 is 18.9 Å². The van der Waals surface area contributed by atoms with Gasteiger partial charge in [0, 0.05) is 38.3 Å². The topological polar surface area (TPSA) is 56.6 Å². The highest BCUT2D eigenvalue weighted by Crippen LogP contribution is 2.37. The first-order valence-electron chi connectivity index (χ1n) is 11.6. The van der Waals surface area contributed by atoms with Gasteiger partial charge in [-0.1, -0.05) is 6.42 Å². The number of nitrogens with zero attached hydrogens (tertiary/aromatic N) is 2. The second-order valence-electron chi connectivity index (χ2n) is 9.90. The summed E-state index contributed by atoms with van der Waals surface area (Å²) in [6.45, 7) is 13.0. The fourth-order valence-corrected chi connectivity index (χ4v) is 5.29. The van der Waals surface area contributed by atoms with Crippen LogP contribution in [0.25, 0.3) is 0 Å². The lowest BCUT2D eigenvalue weighted by atomic mass is 9.74. The molecule has 5 aliphatic rings. The van der Waals surface area contributed by atoms with E-state index in [-0.39, 0.29) is 0 Å². The van der Waals surface area contributed by atoms with Crippen molar-refractivity contribution in [3.8, 4) is 0 Å². The van der Waals surface area contributed by atoms with Gasteiger partial charge in [-0.3, -0.25) is 9.80 Å². The van der Waals surface area contributed by atoms with E-state index in [4.69, 9.17) is 18.9 Å². The fourth-order valence-electron chi connectivity index (χ4n) is 5.29. The van der Waals surface area contributed by atoms with Crippen LogP contribution in [0.1, 0.15) is 39.5 Å². The van der Waals surface area contributed by atoms with Crippen LogP contribution in [-0.4, -0.2) is 98.9 Å². The average molecular weight is 395 g/mol. The minimum Gasteiger partial charge on any atom is -0.372 e. The molecule has 8 atom stereocenters. The maximum atomic E-state index is 5.54. The SMILES string of the molecule is CC(C1CCCC(C(C)N(CC2CO2)CC2CO2)C1)N(CC1CO1)CC1CO1. The highest BCUT2D eigenvalue weighted by Gasteiger charge is 2.39. The Balaban J connectivity index is 1.18. The lowest BCUT2D eigenvalue weighted by Gasteiger charge is -2.42. The quantitative estimate of drug-likeness (QED) is 0.470. The highest BCUT2D eigenvalue weighted by atomic mass is 16.6. The van der Waals surface area contributed by atoms with Crippen LogP contribution in [0, 0.1) is 11.8 Å². The van der Waals surface area contributed by atoms with E-state index in [1.165, 1.54) is 25.7 Å². The number of rotatable bonds is 12. The van der Waals surface area contributed by atoms with Crippen molar-refractivity contribution in [3.63, 3.8) is 0 Å². The summed E-state index contributed by atoms with van der Waals surface area (Å²) >= 11 is 0. The van der Waals surface area contributed by atoms with E-state index in [0.717, 1.165) is 64.4 Å². The van der Waals surface area contributed by atoms with Gasteiger partial charge in [0.2, 0.25) is 0 Å². The van der Waals surface area contributed by atoms with Crippen molar-refractivity contribution in [3.05, 3.63) is 0 Å². The maximum absolute atomic E-state index is 5.54. The summed E-state index contributed by atoms with van der Waals surface area (Å²) in [6.07, 6.45) is 7.32. The normalized spacial score (nSPS) is 41.1. The van der Waals surface area contributed by atoms with Crippen LogP contribution in [0.5, 0.6) is 0 Å². The molecule has 0 bridgehead atoms.